The van der Waals surface area contributed by atoms with Gasteiger partial charge in [-0.3, -0.25) is 0 Å². The van der Waals surface area contributed by atoms with Crippen molar-refractivity contribution in [1.82, 2.24) is 4.90 Å². The minimum Gasteiger partial charge on any atom is -0.394 e. The summed E-state index contributed by atoms with van der Waals surface area (Å²) in [7, 11) is 1.92. The number of hydrogen-bond acceptors (Lipinski definition) is 4. The minimum atomic E-state index is -1.01. The molecule has 2 atom stereocenters. The Morgan fingerprint density at radius 3 is 2.33 bits per heavy atom. The van der Waals surface area contributed by atoms with Crippen LogP contribution >= 0.6 is 0 Å². The van der Waals surface area contributed by atoms with Crippen LogP contribution in [-0.4, -0.2) is 58.7 Å². The molecular formula is C8H17NO3. The van der Waals surface area contributed by atoms with Crippen molar-refractivity contribution < 1.29 is 15.3 Å². The standard InChI is InChI=1S/C8H17NO3/c1-9(6-2-3-6)4-7(11)8(12)5-10/h6-8,10-12H,2-5H2,1H3. The quantitative estimate of drug-likeness (QED) is 0.491. The third kappa shape index (κ3) is 2.71. The summed E-state index contributed by atoms with van der Waals surface area (Å²) >= 11 is 0. The molecule has 2 unspecified atom stereocenters. The Hall–Kier alpha value is -0.160. The van der Waals surface area contributed by atoms with Crippen LogP contribution in [0.3, 0.4) is 0 Å². The van der Waals surface area contributed by atoms with E-state index in [1.165, 1.54) is 12.8 Å². The molecule has 0 saturated heterocycles. The van der Waals surface area contributed by atoms with E-state index in [4.69, 9.17) is 10.2 Å². The minimum absolute atomic E-state index is 0.375. The van der Waals surface area contributed by atoms with E-state index in [0.29, 0.717) is 12.6 Å². The Bertz CT molecular complexity index is 138. The van der Waals surface area contributed by atoms with E-state index in [-0.39, 0.29) is 6.61 Å². The first-order valence-electron chi connectivity index (χ1n) is 4.32. The second kappa shape index (κ2) is 4.18. The second-order valence-corrected chi connectivity index (χ2v) is 3.49. The molecule has 4 nitrogen and oxygen atoms in total. The topological polar surface area (TPSA) is 63.9 Å². The van der Waals surface area contributed by atoms with Gasteiger partial charge in [0.25, 0.3) is 0 Å². The molecule has 0 amide bonds. The lowest BCUT2D eigenvalue weighted by atomic mass is 10.2. The van der Waals surface area contributed by atoms with Gasteiger partial charge in [0.15, 0.2) is 0 Å². The summed E-state index contributed by atoms with van der Waals surface area (Å²) in [6, 6.07) is 0.575. The van der Waals surface area contributed by atoms with Gasteiger partial charge < -0.3 is 20.2 Å². The normalized spacial score (nSPS) is 22.8. The summed E-state index contributed by atoms with van der Waals surface area (Å²) in [6.45, 7) is 0.0616. The third-order valence-corrected chi connectivity index (χ3v) is 2.28. The molecule has 1 fully saturated rings. The van der Waals surface area contributed by atoms with Crippen molar-refractivity contribution in [2.45, 2.75) is 31.1 Å². The van der Waals surface area contributed by atoms with E-state index in [2.05, 4.69) is 0 Å². The summed E-state index contributed by atoms with van der Waals surface area (Å²) in [4.78, 5) is 2.02. The van der Waals surface area contributed by atoms with Gasteiger partial charge >= 0.3 is 0 Å². The fourth-order valence-corrected chi connectivity index (χ4v) is 1.20. The Balaban J connectivity index is 2.19. The van der Waals surface area contributed by atoms with Gasteiger partial charge in [0.2, 0.25) is 0 Å². The molecule has 3 N–H and O–H groups in total. The number of aliphatic hydroxyl groups excluding tert-OH is 3. The van der Waals surface area contributed by atoms with Crippen LogP contribution < -0.4 is 0 Å². The summed E-state index contributed by atoms with van der Waals surface area (Å²) < 4.78 is 0. The Labute approximate surface area is 72.4 Å². The Morgan fingerprint density at radius 1 is 1.33 bits per heavy atom. The predicted octanol–water partition coefficient (Wildman–Crippen LogP) is -1.21. The zero-order chi connectivity index (χ0) is 9.14. The van der Waals surface area contributed by atoms with Gasteiger partial charge in [-0.1, -0.05) is 0 Å². The first-order valence-corrected chi connectivity index (χ1v) is 4.32. The molecule has 1 aliphatic carbocycles. The fourth-order valence-electron chi connectivity index (χ4n) is 1.20. The molecule has 1 rings (SSSR count). The smallest absolute Gasteiger partial charge is 0.104 e. The molecule has 72 valence electrons. The van der Waals surface area contributed by atoms with Crippen molar-refractivity contribution in [2.24, 2.45) is 0 Å². The van der Waals surface area contributed by atoms with Crippen LogP contribution in [0, 0.1) is 0 Å². The zero-order valence-electron chi connectivity index (χ0n) is 7.35. The summed E-state index contributed by atoms with van der Waals surface area (Å²) in [5, 5.41) is 26.9. The number of nitrogens with zero attached hydrogens (tertiary/aromatic N) is 1. The number of likely N-dealkylation sites (N-methyl/N-ethyl adjacent to an activating group) is 1. The number of aliphatic hydroxyl groups is 3. The van der Waals surface area contributed by atoms with Crippen molar-refractivity contribution in [3.05, 3.63) is 0 Å². The van der Waals surface area contributed by atoms with Crippen LogP contribution in [0.15, 0.2) is 0 Å². The van der Waals surface area contributed by atoms with Gasteiger partial charge in [0.1, 0.15) is 6.10 Å². The van der Waals surface area contributed by atoms with Gasteiger partial charge in [-0.05, 0) is 19.9 Å². The van der Waals surface area contributed by atoms with E-state index in [0.717, 1.165) is 0 Å². The molecule has 0 aromatic rings. The maximum atomic E-state index is 9.31. The van der Waals surface area contributed by atoms with Crippen molar-refractivity contribution in [3.63, 3.8) is 0 Å². The lowest BCUT2D eigenvalue weighted by Crippen LogP contribution is -2.39. The molecule has 1 aliphatic rings. The molecule has 0 bridgehead atoms. The lowest BCUT2D eigenvalue weighted by Gasteiger charge is -2.22. The average Bonchev–Trinajstić information content (AvgIpc) is 2.84. The summed E-state index contributed by atoms with van der Waals surface area (Å²) in [5.74, 6) is 0. The zero-order valence-corrected chi connectivity index (χ0v) is 7.35. The fraction of sp³-hybridized carbons (Fsp3) is 1.00. The monoisotopic (exact) mass is 175 g/mol. The molecule has 0 aromatic carbocycles. The van der Waals surface area contributed by atoms with Gasteiger partial charge in [0.05, 0.1) is 12.7 Å². The van der Waals surface area contributed by atoms with Crippen LogP contribution in [0.4, 0.5) is 0 Å². The molecule has 4 heteroatoms. The number of rotatable bonds is 5. The molecule has 0 spiro atoms. The van der Waals surface area contributed by atoms with E-state index in [1.54, 1.807) is 0 Å². The van der Waals surface area contributed by atoms with Gasteiger partial charge in [0, 0.05) is 12.6 Å². The lowest BCUT2D eigenvalue weighted by molar-refractivity contribution is -0.0273. The second-order valence-electron chi connectivity index (χ2n) is 3.49. The van der Waals surface area contributed by atoms with E-state index >= 15 is 0 Å². The van der Waals surface area contributed by atoms with E-state index in [9.17, 15) is 5.11 Å². The Kier molecular flexibility index (Phi) is 3.46. The maximum Gasteiger partial charge on any atom is 0.104 e. The first kappa shape index (κ1) is 9.92. The van der Waals surface area contributed by atoms with Crippen molar-refractivity contribution in [3.8, 4) is 0 Å². The van der Waals surface area contributed by atoms with Crippen molar-refractivity contribution >= 4 is 0 Å². The third-order valence-electron chi connectivity index (χ3n) is 2.28. The van der Waals surface area contributed by atoms with Gasteiger partial charge in [-0.2, -0.15) is 0 Å². The highest BCUT2D eigenvalue weighted by atomic mass is 16.4. The molecule has 0 aliphatic heterocycles. The van der Waals surface area contributed by atoms with Crippen LogP contribution in [0.5, 0.6) is 0 Å². The molecule has 0 heterocycles. The summed E-state index contributed by atoms with van der Waals surface area (Å²) in [5.41, 5.74) is 0. The first-order chi connectivity index (χ1) is 5.65. The molecule has 0 aromatic heterocycles. The molecule has 1 saturated carbocycles. The Morgan fingerprint density at radius 2 is 1.92 bits per heavy atom. The van der Waals surface area contributed by atoms with E-state index in [1.807, 2.05) is 11.9 Å². The van der Waals surface area contributed by atoms with Gasteiger partial charge in [-0.25, -0.2) is 0 Å². The molecule has 12 heavy (non-hydrogen) atoms. The average molecular weight is 175 g/mol. The highest BCUT2D eigenvalue weighted by Gasteiger charge is 2.28. The van der Waals surface area contributed by atoms with Crippen molar-refractivity contribution in [1.29, 1.82) is 0 Å². The summed E-state index contributed by atoms with van der Waals surface area (Å²) in [6.07, 6.45) is 0.517. The predicted molar refractivity (Wildman–Crippen MR) is 44.8 cm³/mol. The highest BCUT2D eigenvalue weighted by Crippen LogP contribution is 2.25. The van der Waals surface area contributed by atoms with Crippen LogP contribution in [0.2, 0.25) is 0 Å². The van der Waals surface area contributed by atoms with Crippen molar-refractivity contribution in [2.75, 3.05) is 20.2 Å². The highest BCUT2D eigenvalue weighted by molar-refractivity contribution is 4.84. The number of hydrogen-bond donors (Lipinski definition) is 3. The SMILES string of the molecule is CN(CC(O)C(O)CO)C1CC1. The molecule has 0 radical (unpaired) electrons. The van der Waals surface area contributed by atoms with E-state index < -0.39 is 12.2 Å². The van der Waals surface area contributed by atoms with Crippen LogP contribution in [0.25, 0.3) is 0 Å². The van der Waals surface area contributed by atoms with Crippen LogP contribution in [-0.2, 0) is 0 Å². The maximum absolute atomic E-state index is 9.31. The van der Waals surface area contributed by atoms with Crippen LogP contribution in [0.1, 0.15) is 12.8 Å². The molecular weight excluding hydrogens is 158 g/mol. The largest absolute Gasteiger partial charge is 0.394 e. The van der Waals surface area contributed by atoms with Gasteiger partial charge in [-0.15, -0.1) is 0 Å².